The summed E-state index contributed by atoms with van der Waals surface area (Å²) in [5.41, 5.74) is 3.40. The van der Waals surface area contributed by atoms with E-state index >= 15 is 0 Å². The average Bonchev–Trinajstić information content (AvgIpc) is 3.88. The third kappa shape index (κ3) is 7.69. The lowest BCUT2D eigenvalue weighted by Crippen LogP contribution is -2.64. The van der Waals surface area contributed by atoms with Crippen molar-refractivity contribution in [3.63, 3.8) is 0 Å². The summed E-state index contributed by atoms with van der Waals surface area (Å²) in [6.45, 7) is 3.08. The second-order valence-electron chi connectivity index (χ2n) is 14.9. The second-order valence-corrected chi connectivity index (χ2v) is 17.3. The predicted octanol–water partition coefficient (Wildman–Crippen LogP) is 1.75. The molecule has 282 valence electrons. The first-order valence-electron chi connectivity index (χ1n) is 17.6. The summed E-state index contributed by atoms with van der Waals surface area (Å²) in [6.07, 6.45) is 7.70. The summed E-state index contributed by atoms with van der Waals surface area (Å²) in [5, 5.41) is 32.3. The van der Waals surface area contributed by atoms with E-state index in [0.29, 0.717) is 23.2 Å². The highest BCUT2D eigenvalue weighted by atomic mass is 32.3. The number of carbonyl (C=O) groups is 5. The molecule has 6 rings (SSSR count). The molecule has 1 aliphatic carbocycles. The van der Waals surface area contributed by atoms with Gasteiger partial charge in [0.15, 0.2) is 0 Å². The van der Waals surface area contributed by atoms with Gasteiger partial charge in [-0.2, -0.15) is 15.7 Å². The van der Waals surface area contributed by atoms with Crippen molar-refractivity contribution in [2.45, 2.75) is 101 Å². The number of nitrogens with one attached hydrogen (secondary N) is 3. The number of rotatable bonds is 11. The normalized spacial score (nSPS) is 23.1. The number of likely N-dealkylation sites (tertiary alicyclic amines) is 1. The number of H-pyrrole nitrogens is 1. The zero-order chi connectivity index (χ0) is 37.4. The largest absolute Gasteiger partial charge is 0.384 e. The molecule has 52 heavy (non-hydrogen) atoms. The molecule has 4 heterocycles. The van der Waals surface area contributed by atoms with Crippen LogP contribution in [-0.2, 0) is 24.8 Å². The van der Waals surface area contributed by atoms with Gasteiger partial charge in [-0.1, -0.05) is 49.5 Å². The number of primary amides is 1. The minimum atomic E-state index is -3.03. The molecule has 0 spiro atoms. The highest BCUT2D eigenvalue weighted by Crippen LogP contribution is 2.47. The SMILES string of the molecule is CC(C)(O)c1cnnn1[C@H]1C[C@@H](C(=O)NC2(C(=O)C(N)=O)CCS(O)(O)CC2)N(C(=O)[C@@H](CC2CCCCC2)NC(=O)c2cccc3cn[nH]c23)C1. The number of hydrogen-bond donors (Lipinski definition) is 7. The smallest absolute Gasteiger partial charge is 0.287 e. The number of ketones is 1. The Morgan fingerprint density at radius 1 is 1.10 bits per heavy atom. The molecule has 0 bridgehead atoms. The van der Waals surface area contributed by atoms with Gasteiger partial charge < -0.3 is 26.4 Å². The molecular formula is C34H47N9O8S. The van der Waals surface area contributed by atoms with Crippen LogP contribution in [0.5, 0.6) is 0 Å². The zero-order valence-electron chi connectivity index (χ0n) is 29.3. The van der Waals surface area contributed by atoms with Crippen molar-refractivity contribution in [2.24, 2.45) is 11.7 Å². The second kappa shape index (κ2) is 14.6. The van der Waals surface area contributed by atoms with Crippen LogP contribution in [0.1, 0.15) is 93.7 Å². The fourth-order valence-electron chi connectivity index (χ4n) is 7.87. The van der Waals surface area contributed by atoms with Crippen LogP contribution in [0.25, 0.3) is 10.9 Å². The first-order chi connectivity index (χ1) is 24.6. The molecule has 2 saturated heterocycles. The highest BCUT2D eigenvalue weighted by molar-refractivity contribution is 8.24. The number of para-hydroxylation sites is 1. The van der Waals surface area contributed by atoms with Gasteiger partial charge in [0, 0.05) is 29.9 Å². The minimum absolute atomic E-state index is 0.00239. The fourth-order valence-corrected chi connectivity index (χ4v) is 9.43. The lowest BCUT2D eigenvalue weighted by atomic mass is 9.84. The van der Waals surface area contributed by atoms with Crippen molar-refractivity contribution in [3.05, 3.63) is 41.9 Å². The van der Waals surface area contributed by atoms with Gasteiger partial charge in [-0.25, -0.2) is 4.68 Å². The van der Waals surface area contributed by atoms with Crippen LogP contribution in [-0.4, -0.2) is 109 Å². The standard InChI is InChI=1S/C34H47N9O8S/c1-33(2,49)26-18-37-41-43(26)22-16-25(31(47)39-34(28(44)29(35)45)11-13-52(50,51)14-12-34)42(19-22)32(48)24(15-20-7-4-3-5-8-20)38-30(46)23-10-6-9-21-17-36-40-27(21)23/h6,9-10,17-18,20,22,24-25,49-51H,3-5,7-8,11-16,19H2,1-2H3,(H2,35,45)(H,36,40)(H,38,46)(H,39,47)/t22-,24+,25-/m0/s1. The first kappa shape index (κ1) is 37.4. The van der Waals surface area contributed by atoms with Gasteiger partial charge in [0.25, 0.3) is 11.8 Å². The monoisotopic (exact) mass is 741 g/mol. The fraction of sp³-hybridized carbons (Fsp3) is 0.588. The van der Waals surface area contributed by atoms with Crippen molar-refractivity contribution in [3.8, 4) is 0 Å². The molecule has 3 aliphatic rings. The Morgan fingerprint density at radius 2 is 1.81 bits per heavy atom. The number of aromatic amines is 1. The maximum absolute atomic E-state index is 14.8. The van der Waals surface area contributed by atoms with E-state index in [1.54, 1.807) is 32.2 Å². The van der Waals surface area contributed by atoms with Gasteiger partial charge >= 0.3 is 0 Å². The number of amides is 4. The van der Waals surface area contributed by atoms with Gasteiger partial charge in [0.05, 0.1) is 35.2 Å². The van der Waals surface area contributed by atoms with Crippen LogP contribution in [0.15, 0.2) is 30.6 Å². The van der Waals surface area contributed by atoms with Crippen molar-refractivity contribution in [1.82, 2.24) is 40.7 Å². The molecule has 1 aromatic carbocycles. The third-order valence-electron chi connectivity index (χ3n) is 10.8. The Labute approximate surface area is 301 Å². The van der Waals surface area contributed by atoms with Gasteiger partial charge in [0.1, 0.15) is 23.2 Å². The number of carbonyl (C=O) groups excluding carboxylic acids is 5. The van der Waals surface area contributed by atoms with Gasteiger partial charge in [-0.3, -0.25) is 38.2 Å². The minimum Gasteiger partial charge on any atom is -0.384 e. The lowest BCUT2D eigenvalue weighted by Gasteiger charge is -2.45. The number of nitrogens with two attached hydrogens (primary N) is 1. The van der Waals surface area contributed by atoms with Crippen LogP contribution in [0.4, 0.5) is 0 Å². The number of hydrogen-bond acceptors (Lipinski definition) is 11. The molecular weight excluding hydrogens is 694 g/mol. The molecule has 8 N–H and O–H groups in total. The number of nitrogens with zero attached hydrogens (tertiary/aromatic N) is 5. The van der Waals surface area contributed by atoms with Gasteiger partial charge in [-0.15, -0.1) is 5.10 Å². The van der Waals surface area contributed by atoms with Crippen molar-refractivity contribution in [2.75, 3.05) is 18.1 Å². The predicted molar refractivity (Wildman–Crippen MR) is 190 cm³/mol. The van der Waals surface area contributed by atoms with E-state index in [1.165, 1.54) is 15.8 Å². The Morgan fingerprint density at radius 3 is 2.48 bits per heavy atom. The average molecular weight is 742 g/mol. The van der Waals surface area contributed by atoms with Crippen molar-refractivity contribution in [1.29, 1.82) is 0 Å². The molecule has 0 unspecified atom stereocenters. The number of Topliss-reactive ketones (excluding diaryl/α,β-unsaturated/α-hetero) is 1. The third-order valence-corrected chi connectivity index (χ3v) is 12.5. The van der Waals surface area contributed by atoms with Crippen molar-refractivity contribution < 1.29 is 38.2 Å². The van der Waals surface area contributed by atoms with Crippen LogP contribution in [0.3, 0.4) is 0 Å². The number of aromatic nitrogens is 5. The molecule has 4 amide bonds. The molecule has 3 aromatic rings. The maximum Gasteiger partial charge on any atom is 0.287 e. The summed E-state index contributed by atoms with van der Waals surface area (Å²) in [6, 6.07) is 2.29. The molecule has 17 nitrogen and oxygen atoms in total. The van der Waals surface area contributed by atoms with Crippen LogP contribution < -0.4 is 16.4 Å². The summed E-state index contributed by atoms with van der Waals surface area (Å²) < 4.78 is 22.0. The summed E-state index contributed by atoms with van der Waals surface area (Å²) in [7, 11) is -3.03. The maximum atomic E-state index is 14.8. The van der Waals surface area contributed by atoms with Crippen LogP contribution in [0.2, 0.25) is 0 Å². The zero-order valence-corrected chi connectivity index (χ0v) is 30.1. The number of benzene rings is 1. The lowest BCUT2D eigenvalue weighted by molar-refractivity contribution is -0.145. The van der Waals surface area contributed by atoms with E-state index < -0.39 is 69.3 Å². The molecule has 2 aromatic heterocycles. The Bertz CT molecular complexity index is 1840. The van der Waals surface area contributed by atoms with Crippen LogP contribution in [0, 0.1) is 5.92 Å². The quantitative estimate of drug-likeness (QED) is 0.139. The molecule has 18 heteroatoms. The molecule has 0 radical (unpaired) electrons. The Kier molecular flexibility index (Phi) is 10.5. The van der Waals surface area contributed by atoms with E-state index in [2.05, 4.69) is 31.1 Å². The molecule has 3 fully saturated rings. The highest BCUT2D eigenvalue weighted by Gasteiger charge is 2.51. The molecule has 3 atom stereocenters. The molecule has 1 saturated carbocycles. The number of fused-ring (bicyclic) bond motifs is 1. The van der Waals surface area contributed by atoms with Gasteiger partial charge in [0.2, 0.25) is 17.6 Å². The number of aliphatic hydroxyl groups is 1. The van der Waals surface area contributed by atoms with E-state index in [0.717, 1.165) is 37.5 Å². The molecule has 2 aliphatic heterocycles. The first-order valence-corrected chi connectivity index (χ1v) is 19.5. The summed E-state index contributed by atoms with van der Waals surface area (Å²) in [4.78, 5) is 69.8. The van der Waals surface area contributed by atoms with E-state index in [-0.39, 0.29) is 43.2 Å². The van der Waals surface area contributed by atoms with E-state index in [9.17, 15) is 38.2 Å². The van der Waals surface area contributed by atoms with Crippen LogP contribution >= 0.6 is 10.6 Å². The summed E-state index contributed by atoms with van der Waals surface area (Å²) in [5.74, 6) is -4.42. The van der Waals surface area contributed by atoms with E-state index in [1.807, 2.05) is 6.07 Å². The summed E-state index contributed by atoms with van der Waals surface area (Å²) >= 11 is 0. The van der Waals surface area contributed by atoms with Gasteiger partial charge in [-0.05, 0) is 45.1 Å². The Hall–Kier alpha value is -4.39. The van der Waals surface area contributed by atoms with E-state index in [4.69, 9.17) is 5.73 Å². The topological polar surface area (TPSA) is 259 Å². The Balaban J connectivity index is 1.34. The van der Waals surface area contributed by atoms with Crippen molar-refractivity contribution >= 4 is 50.9 Å².